The highest BCUT2D eigenvalue weighted by Crippen LogP contribution is 2.16. The first kappa shape index (κ1) is 13.6. The molecule has 1 atom stereocenters. The van der Waals surface area contributed by atoms with Crippen LogP contribution in [-0.2, 0) is 13.6 Å². The zero-order valence-corrected chi connectivity index (χ0v) is 12.5. The number of hydrogen-bond donors (Lipinski definition) is 1. The van der Waals surface area contributed by atoms with Crippen molar-refractivity contribution in [3.05, 3.63) is 30.1 Å². The Hall–Kier alpha value is -1.39. The summed E-state index contributed by atoms with van der Waals surface area (Å²) in [6.45, 7) is 6.59. The summed E-state index contributed by atoms with van der Waals surface area (Å²) in [6.07, 6.45) is 2.66. The van der Waals surface area contributed by atoms with Crippen LogP contribution in [0.2, 0.25) is 0 Å². The van der Waals surface area contributed by atoms with Crippen molar-refractivity contribution in [2.75, 3.05) is 19.6 Å². The molecule has 2 heterocycles. The third-order valence-corrected chi connectivity index (χ3v) is 4.45. The standard InChI is InChI=1S/C16H24N4/c1-3-20-10-6-7-13(20)11-17-12-16-18-14-8-4-5-9-15(14)19(16)2/h4-5,8-9,13,17H,3,6-7,10-12H2,1-2H3. The van der Waals surface area contributed by atoms with Gasteiger partial charge in [-0.1, -0.05) is 19.1 Å². The Balaban J connectivity index is 1.61. The first-order valence-corrected chi connectivity index (χ1v) is 7.64. The number of imidazole rings is 1. The summed E-state index contributed by atoms with van der Waals surface area (Å²) in [5.74, 6) is 1.12. The third kappa shape index (κ3) is 2.58. The Bertz CT molecular complexity index is 575. The number of benzene rings is 1. The summed E-state index contributed by atoms with van der Waals surface area (Å²) in [6, 6.07) is 9.02. The van der Waals surface area contributed by atoms with Crippen molar-refractivity contribution in [2.45, 2.75) is 32.4 Å². The minimum absolute atomic E-state index is 0.703. The fourth-order valence-corrected chi connectivity index (χ4v) is 3.25. The molecule has 1 aliphatic heterocycles. The maximum absolute atomic E-state index is 4.70. The highest BCUT2D eigenvalue weighted by Gasteiger charge is 2.22. The number of rotatable bonds is 5. The third-order valence-electron chi connectivity index (χ3n) is 4.45. The molecule has 108 valence electrons. The summed E-state index contributed by atoms with van der Waals surface area (Å²) in [4.78, 5) is 7.27. The van der Waals surface area contributed by atoms with Crippen molar-refractivity contribution in [2.24, 2.45) is 7.05 Å². The SMILES string of the molecule is CCN1CCCC1CNCc1nc2ccccc2n1C. The van der Waals surface area contributed by atoms with Crippen LogP contribution >= 0.6 is 0 Å². The Morgan fingerprint density at radius 3 is 3.00 bits per heavy atom. The molecule has 20 heavy (non-hydrogen) atoms. The van der Waals surface area contributed by atoms with Crippen molar-refractivity contribution in [1.29, 1.82) is 0 Å². The maximum atomic E-state index is 4.70. The minimum Gasteiger partial charge on any atom is -0.330 e. The molecule has 1 aliphatic rings. The van der Waals surface area contributed by atoms with E-state index < -0.39 is 0 Å². The van der Waals surface area contributed by atoms with Crippen LogP contribution in [0.15, 0.2) is 24.3 Å². The molecule has 1 N–H and O–H groups in total. The van der Waals surface area contributed by atoms with Crippen LogP contribution in [0.3, 0.4) is 0 Å². The van der Waals surface area contributed by atoms with Gasteiger partial charge in [0.05, 0.1) is 17.6 Å². The summed E-state index contributed by atoms with van der Waals surface area (Å²) >= 11 is 0. The van der Waals surface area contributed by atoms with Crippen LogP contribution in [0.1, 0.15) is 25.6 Å². The van der Waals surface area contributed by atoms with Crippen molar-refractivity contribution in [3.63, 3.8) is 0 Å². The lowest BCUT2D eigenvalue weighted by molar-refractivity contribution is 0.259. The smallest absolute Gasteiger partial charge is 0.123 e. The Kier molecular flexibility index (Phi) is 4.03. The predicted octanol–water partition coefficient (Wildman–Crippen LogP) is 2.15. The van der Waals surface area contributed by atoms with Crippen molar-refractivity contribution in [3.8, 4) is 0 Å². The number of nitrogens with one attached hydrogen (secondary N) is 1. The second kappa shape index (κ2) is 5.94. The van der Waals surface area contributed by atoms with Gasteiger partial charge in [0.25, 0.3) is 0 Å². The van der Waals surface area contributed by atoms with Crippen molar-refractivity contribution < 1.29 is 0 Å². The number of nitrogens with zero attached hydrogens (tertiary/aromatic N) is 3. The van der Waals surface area contributed by atoms with E-state index in [0.29, 0.717) is 6.04 Å². The van der Waals surface area contributed by atoms with Crippen LogP contribution in [0.4, 0.5) is 0 Å². The Labute approximate surface area is 120 Å². The average molecular weight is 272 g/mol. The second-order valence-corrected chi connectivity index (χ2v) is 5.63. The van der Waals surface area contributed by atoms with E-state index in [4.69, 9.17) is 4.98 Å². The van der Waals surface area contributed by atoms with Crippen LogP contribution in [-0.4, -0.2) is 40.1 Å². The van der Waals surface area contributed by atoms with E-state index in [1.165, 1.54) is 31.4 Å². The number of likely N-dealkylation sites (N-methyl/N-ethyl adjacent to an activating group) is 1. The first-order chi connectivity index (χ1) is 9.79. The van der Waals surface area contributed by atoms with Crippen molar-refractivity contribution >= 4 is 11.0 Å². The molecule has 0 saturated carbocycles. The second-order valence-electron chi connectivity index (χ2n) is 5.63. The highest BCUT2D eigenvalue weighted by atomic mass is 15.2. The normalized spacial score (nSPS) is 20.0. The number of aromatic nitrogens is 2. The van der Waals surface area contributed by atoms with E-state index in [0.717, 1.165) is 24.4 Å². The first-order valence-electron chi connectivity index (χ1n) is 7.64. The lowest BCUT2D eigenvalue weighted by Gasteiger charge is -2.22. The summed E-state index contributed by atoms with van der Waals surface area (Å²) in [5.41, 5.74) is 2.29. The Morgan fingerprint density at radius 2 is 2.20 bits per heavy atom. The van der Waals surface area contributed by atoms with Gasteiger partial charge in [0.2, 0.25) is 0 Å². The summed E-state index contributed by atoms with van der Waals surface area (Å²) in [7, 11) is 2.10. The molecule has 0 radical (unpaired) electrons. The van der Waals surface area contributed by atoms with Crippen LogP contribution in [0.25, 0.3) is 11.0 Å². The maximum Gasteiger partial charge on any atom is 0.123 e. The molecule has 2 aromatic rings. The lowest BCUT2D eigenvalue weighted by atomic mass is 10.2. The molecular formula is C16H24N4. The molecule has 1 aromatic carbocycles. The number of likely N-dealkylation sites (tertiary alicyclic amines) is 1. The van der Waals surface area contributed by atoms with Gasteiger partial charge in [0.1, 0.15) is 5.82 Å². The Morgan fingerprint density at radius 1 is 1.35 bits per heavy atom. The van der Waals surface area contributed by atoms with Gasteiger partial charge >= 0.3 is 0 Å². The van der Waals surface area contributed by atoms with Crippen molar-refractivity contribution in [1.82, 2.24) is 19.8 Å². The number of para-hydroxylation sites is 2. The van der Waals surface area contributed by atoms with Gasteiger partial charge < -0.3 is 9.88 Å². The largest absolute Gasteiger partial charge is 0.330 e. The lowest BCUT2D eigenvalue weighted by Crippen LogP contribution is -2.37. The molecule has 0 amide bonds. The van der Waals surface area contributed by atoms with Crippen LogP contribution in [0, 0.1) is 0 Å². The molecule has 0 bridgehead atoms. The molecule has 0 aliphatic carbocycles. The van der Waals surface area contributed by atoms with E-state index in [1.807, 2.05) is 6.07 Å². The zero-order chi connectivity index (χ0) is 13.9. The predicted molar refractivity (Wildman–Crippen MR) is 82.7 cm³/mol. The van der Waals surface area contributed by atoms with Gasteiger partial charge in [-0.05, 0) is 38.1 Å². The van der Waals surface area contributed by atoms with Crippen LogP contribution in [0.5, 0.6) is 0 Å². The fraction of sp³-hybridized carbons (Fsp3) is 0.562. The van der Waals surface area contributed by atoms with E-state index in [1.54, 1.807) is 0 Å². The van der Waals surface area contributed by atoms with E-state index in [9.17, 15) is 0 Å². The van der Waals surface area contributed by atoms with Gasteiger partial charge in [-0.3, -0.25) is 4.90 Å². The summed E-state index contributed by atoms with van der Waals surface area (Å²) in [5, 5.41) is 3.58. The zero-order valence-electron chi connectivity index (χ0n) is 12.5. The van der Waals surface area contributed by atoms with Gasteiger partial charge in [-0.2, -0.15) is 0 Å². The molecule has 1 saturated heterocycles. The molecule has 1 unspecified atom stereocenters. The molecule has 4 nitrogen and oxygen atoms in total. The van der Waals surface area contributed by atoms with Gasteiger partial charge in [0.15, 0.2) is 0 Å². The highest BCUT2D eigenvalue weighted by molar-refractivity contribution is 5.75. The van der Waals surface area contributed by atoms with E-state index in [-0.39, 0.29) is 0 Å². The minimum atomic E-state index is 0.703. The summed E-state index contributed by atoms with van der Waals surface area (Å²) < 4.78 is 2.19. The number of fused-ring (bicyclic) bond motifs is 1. The topological polar surface area (TPSA) is 33.1 Å². The molecule has 1 fully saturated rings. The fourth-order valence-electron chi connectivity index (χ4n) is 3.25. The molecule has 0 spiro atoms. The van der Waals surface area contributed by atoms with Gasteiger partial charge in [0, 0.05) is 19.6 Å². The average Bonchev–Trinajstić information content (AvgIpc) is 3.05. The molecular weight excluding hydrogens is 248 g/mol. The molecule has 3 rings (SSSR count). The van der Waals surface area contributed by atoms with Gasteiger partial charge in [-0.25, -0.2) is 4.98 Å². The van der Waals surface area contributed by atoms with Gasteiger partial charge in [-0.15, -0.1) is 0 Å². The van der Waals surface area contributed by atoms with Crippen LogP contribution < -0.4 is 5.32 Å². The number of hydrogen-bond acceptors (Lipinski definition) is 3. The van der Waals surface area contributed by atoms with E-state index >= 15 is 0 Å². The quantitative estimate of drug-likeness (QED) is 0.905. The monoisotopic (exact) mass is 272 g/mol. The molecule has 4 heteroatoms. The number of aryl methyl sites for hydroxylation is 1. The van der Waals surface area contributed by atoms with E-state index in [2.05, 4.69) is 47.0 Å². The molecule has 1 aromatic heterocycles.